The van der Waals surface area contributed by atoms with Crippen LogP contribution in [-0.2, 0) is 37.0 Å². The van der Waals surface area contributed by atoms with Crippen molar-refractivity contribution in [3.8, 4) is 0 Å². The van der Waals surface area contributed by atoms with Gasteiger partial charge in [-0.1, -0.05) is 60.7 Å². The number of esters is 1. The summed E-state index contributed by atoms with van der Waals surface area (Å²) in [7, 11) is 0. The Kier molecular flexibility index (Phi) is 8.39. The highest BCUT2D eigenvalue weighted by molar-refractivity contribution is 5.75. The van der Waals surface area contributed by atoms with Crippen LogP contribution in [0.3, 0.4) is 0 Å². The molecule has 32 heavy (non-hydrogen) atoms. The summed E-state index contributed by atoms with van der Waals surface area (Å²) < 4.78 is 22.7. The fraction of sp³-hybridized carbons (Fsp3) is 0.480. The average Bonchev–Trinajstić information content (AvgIpc) is 2.77. The van der Waals surface area contributed by atoms with Crippen LogP contribution in [0.5, 0.6) is 0 Å². The number of benzene rings is 2. The lowest BCUT2D eigenvalue weighted by molar-refractivity contribution is -0.303. The standard InChI is InChI=1S/C25H32O7/c1-25(2,3)24(28)32-22-21(30-15-18-12-8-5-9-13-18)20(26)19(31-23(22)27)16-29-14-17-10-6-4-7-11-17/h4-13,19-23,26-27H,14-16H2,1-3H3/t19-,20-,21+,22-,23?/m1/s1. The summed E-state index contributed by atoms with van der Waals surface area (Å²) in [5.41, 5.74) is 1.08. The maximum atomic E-state index is 12.5. The van der Waals surface area contributed by atoms with Crippen molar-refractivity contribution in [1.29, 1.82) is 0 Å². The molecule has 0 saturated carbocycles. The third-order valence-corrected chi connectivity index (χ3v) is 5.17. The number of carbonyl (C=O) groups is 1. The van der Waals surface area contributed by atoms with E-state index in [0.717, 1.165) is 11.1 Å². The van der Waals surface area contributed by atoms with Crippen molar-refractivity contribution in [2.24, 2.45) is 5.41 Å². The Morgan fingerprint density at radius 3 is 2.03 bits per heavy atom. The Bertz CT molecular complexity index is 834. The van der Waals surface area contributed by atoms with Crippen molar-refractivity contribution in [3.63, 3.8) is 0 Å². The van der Waals surface area contributed by atoms with Gasteiger partial charge in [-0.25, -0.2) is 0 Å². The van der Waals surface area contributed by atoms with Gasteiger partial charge < -0.3 is 29.2 Å². The maximum Gasteiger partial charge on any atom is 0.311 e. The SMILES string of the molecule is CC(C)(C)C(=O)O[C@H]1C(O)O[C@H](COCc2ccccc2)[C@@H](O)[C@@H]1OCc1ccccc1. The molecule has 2 aromatic carbocycles. The van der Waals surface area contributed by atoms with Gasteiger partial charge in [0.25, 0.3) is 0 Å². The van der Waals surface area contributed by atoms with Crippen LogP contribution >= 0.6 is 0 Å². The van der Waals surface area contributed by atoms with Crippen LogP contribution in [0, 0.1) is 5.41 Å². The van der Waals surface area contributed by atoms with Gasteiger partial charge in [0.1, 0.15) is 18.3 Å². The van der Waals surface area contributed by atoms with E-state index in [1.165, 1.54) is 0 Å². The zero-order valence-electron chi connectivity index (χ0n) is 18.7. The van der Waals surface area contributed by atoms with Gasteiger partial charge in [0.15, 0.2) is 12.4 Å². The van der Waals surface area contributed by atoms with E-state index in [4.69, 9.17) is 18.9 Å². The number of aliphatic hydroxyl groups excluding tert-OH is 2. The molecule has 0 aromatic heterocycles. The van der Waals surface area contributed by atoms with Gasteiger partial charge in [-0.2, -0.15) is 0 Å². The first-order chi connectivity index (χ1) is 15.3. The zero-order chi connectivity index (χ0) is 23.1. The number of hydrogen-bond acceptors (Lipinski definition) is 7. The van der Waals surface area contributed by atoms with E-state index < -0.39 is 42.1 Å². The normalized spacial score (nSPS) is 26.0. The molecule has 3 rings (SSSR count). The van der Waals surface area contributed by atoms with Gasteiger partial charge in [-0.05, 0) is 31.9 Å². The van der Waals surface area contributed by atoms with E-state index in [0.29, 0.717) is 6.61 Å². The second-order valence-corrected chi connectivity index (χ2v) is 8.94. The van der Waals surface area contributed by atoms with Crippen LogP contribution in [0.25, 0.3) is 0 Å². The highest BCUT2D eigenvalue weighted by Gasteiger charge is 2.48. The van der Waals surface area contributed by atoms with Crippen molar-refractivity contribution in [1.82, 2.24) is 0 Å². The van der Waals surface area contributed by atoms with Gasteiger partial charge in [-0.15, -0.1) is 0 Å². The Hall–Kier alpha value is -2.29. The molecule has 7 heteroatoms. The first-order valence-electron chi connectivity index (χ1n) is 10.8. The van der Waals surface area contributed by atoms with E-state index in [9.17, 15) is 15.0 Å². The Morgan fingerprint density at radius 2 is 1.47 bits per heavy atom. The van der Waals surface area contributed by atoms with Crippen molar-refractivity contribution in [2.75, 3.05) is 6.61 Å². The van der Waals surface area contributed by atoms with E-state index in [2.05, 4.69) is 0 Å². The summed E-state index contributed by atoms with van der Waals surface area (Å²) in [6.07, 6.45) is -5.65. The number of rotatable bonds is 8. The van der Waals surface area contributed by atoms with Crippen molar-refractivity contribution in [3.05, 3.63) is 71.8 Å². The third kappa shape index (κ3) is 6.60. The molecule has 2 N–H and O–H groups in total. The van der Waals surface area contributed by atoms with Gasteiger partial charge >= 0.3 is 5.97 Å². The molecule has 0 aliphatic carbocycles. The summed E-state index contributed by atoms with van der Waals surface area (Å²) in [4.78, 5) is 12.5. The molecule has 174 valence electrons. The molecule has 1 aliphatic rings. The molecule has 0 radical (unpaired) electrons. The predicted molar refractivity (Wildman–Crippen MR) is 117 cm³/mol. The molecule has 0 bridgehead atoms. The number of hydrogen-bond donors (Lipinski definition) is 2. The lowest BCUT2D eigenvalue weighted by Crippen LogP contribution is -2.61. The number of ether oxygens (including phenoxy) is 4. The molecule has 7 nitrogen and oxygen atoms in total. The second-order valence-electron chi connectivity index (χ2n) is 8.94. The van der Waals surface area contributed by atoms with Crippen LogP contribution in [-0.4, -0.2) is 53.5 Å². The molecule has 5 atom stereocenters. The largest absolute Gasteiger partial charge is 0.454 e. The van der Waals surface area contributed by atoms with E-state index in [1.54, 1.807) is 20.8 Å². The Morgan fingerprint density at radius 1 is 0.906 bits per heavy atom. The molecule has 1 heterocycles. The molecule has 1 saturated heterocycles. The van der Waals surface area contributed by atoms with Gasteiger partial charge in [0.05, 0.1) is 25.2 Å². The maximum absolute atomic E-state index is 12.5. The highest BCUT2D eigenvalue weighted by atomic mass is 16.7. The predicted octanol–water partition coefficient (Wildman–Crippen LogP) is 2.82. The van der Waals surface area contributed by atoms with Crippen LogP contribution in [0.1, 0.15) is 31.9 Å². The second kappa shape index (κ2) is 11.0. The monoisotopic (exact) mass is 444 g/mol. The molecular weight excluding hydrogens is 412 g/mol. The molecule has 0 amide bonds. The van der Waals surface area contributed by atoms with E-state index in [1.807, 2.05) is 60.7 Å². The first kappa shape index (κ1) is 24.4. The quantitative estimate of drug-likeness (QED) is 0.605. The van der Waals surface area contributed by atoms with Crippen LogP contribution in [0.4, 0.5) is 0 Å². The summed E-state index contributed by atoms with van der Waals surface area (Å²) in [6, 6.07) is 19.0. The minimum Gasteiger partial charge on any atom is -0.454 e. The van der Waals surface area contributed by atoms with Gasteiger partial charge in [0.2, 0.25) is 0 Å². The smallest absolute Gasteiger partial charge is 0.311 e. The molecule has 1 aliphatic heterocycles. The topological polar surface area (TPSA) is 94.5 Å². The summed E-state index contributed by atoms with van der Waals surface area (Å²) >= 11 is 0. The number of carbonyl (C=O) groups excluding carboxylic acids is 1. The van der Waals surface area contributed by atoms with Gasteiger partial charge in [0, 0.05) is 0 Å². The molecule has 2 aromatic rings. The minimum atomic E-state index is -1.46. The van der Waals surface area contributed by atoms with Crippen LogP contribution in [0.15, 0.2) is 60.7 Å². The fourth-order valence-electron chi connectivity index (χ4n) is 3.30. The van der Waals surface area contributed by atoms with Crippen molar-refractivity contribution >= 4 is 5.97 Å². The molecule has 1 unspecified atom stereocenters. The van der Waals surface area contributed by atoms with Crippen LogP contribution in [0.2, 0.25) is 0 Å². The summed E-state index contributed by atoms with van der Waals surface area (Å²) in [5.74, 6) is -0.524. The average molecular weight is 445 g/mol. The molecular formula is C25H32O7. The molecule has 0 spiro atoms. The zero-order valence-corrected chi connectivity index (χ0v) is 18.7. The first-order valence-corrected chi connectivity index (χ1v) is 10.8. The van der Waals surface area contributed by atoms with Crippen LogP contribution < -0.4 is 0 Å². The lowest BCUT2D eigenvalue weighted by Gasteiger charge is -2.42. The minimum absolute atomic E-state index is 0.0399. The van der Waals surface area contributed by atoms with Gasteiger partial charge in [-0.3, -0.25) is 4.79 Å². The summed E-state index contributed by atoms with van der Waals surface area (Å²) in [6.45, 7) is 5.68. The highest BCUT2D eigenvalue weighted by Crippen LogP contribution is 2.28. The van der Waals surface area contributed by atoms with E-state index >= 15 is 0 Å². The van der Waals surface area contributed by atoms with E-state index in [-0.39, 0.29) is 13.2 Å². The van der Waals surface area contributed by atoms with Crippen molar-refractivity contribution in [2.45, 2.75) is 64.7 Å². The van der Waals surface area contributed by atoms with Crippen molar-refractivity contribution < 1.29 is 34.0 Å². The summed E-state index contributed by atoms with van der Waals surface area (Å²) in [5, 5.41) is 21.6. The lowest BCUT2D eigenvalue weighted by atomic mass is 9.95. The molecule has 1 fully saturated rings. The number of aliphatic hydroxyl groups is 2. The fourth-order valence-corrected chi connectivity index (χ4v) is 3.30. The Labute approximate surface area is 188 Å². The Balaban J connectivity index is 1.69. The third-order valence-electron chi connectivity index (χ3n) is 5.17.